The van der Waals surface area contributed by atoms with Crippen LogP contribution in [0.15, 0.2) is 24.3 Å². The smallest absolute Gasteiger partial charge is 0.282 e. The molecule has 9 heteroatoms. The van der Waals surface area contributed by atoms with Gasteiger partial charge in [0.25, 0.3) is 11.6 Å². The molecule has 1 saturated heterocycles. The lowest BCUT2D eigenvalue weighted by atomic mass is 9.98. The number of benzene rings is 1. The van der Waals surface area contributed by atoms with Gasteiger partial charge in [0.05, 0.1) is 10.2 Å². The van der Waals surface area contributed by atoms with Crippen molar-refractivity contribution in [2.45, 2.75) is 30.9 Å². The Morgan fingerprint density at radius 3 is 2.44 bits per heavy atom. The van der Waals surface area contributed by atoms with E-state index in [4.69, 9.17) is 0 Å². The predicted octanol–water partition coefficient (Wildman–Crippen LogP) is 1.53. The fourth-order valence-corrected chi connectivity index (χ4v) is 4.97. The Labute approximate surface area is 146 Å². The van der Waals surface area contributed by atoms with Crippen molar-refractivity contribution in [3.8, 4) is 0 Å². The molecular weight excluding hydrogens is 346 g/mol. The van der Waals surface area contributed by atoms with Crippen LogP contribution in [0.4, 0.5) is 5.69 Å². The number of hydrogen-bond donors (Lipinski definition) is 1. The highest BCUT2D eigenvalue weighted by Crippen LogP contribution is 2.33. The molecule has 3 rings (SSSR count). The fraction of sp³-hybridized carbons (Fsp3) is 0.562. The van der Waals surface area contributed by atoms with Gasteiger partial charge in [-0.05, 0) is 37.7 Å². The summed E-state index contributed by atoms with van der Waals surface area (Å²) < 4.78 is 26.0. The van der Waals surface area contributed by atoms with Crippen LogP contribution >= 0.6 is 0 Å². The number of sulfonamides is 1. The van der Waals surface area contributed by atoms with E-state index in [0.29, 0.717) is 32.5 Å². The molecule has 0 unspecified atom stereocenters. The first-order valence-electron chi connectivity index (χ1n) is 8.40. The second-order valence-corrected chi connectivity index (χ2v) is 8.78. The zero-order valence-electron chi connectivity index (χ0n) is 13.8. The van der Waals surface area contributed by atoms with Crippen LogP contribution in [-0.2, 0) is 10.0 Å². The summed E-state index contributed by atoms with van der Waals surface area (Å²) in [6, 6.07) is 5.84. The molecule has 0 atom stereocenters. The van der Waals surface area contributed by atoms with Crippen LogP contribution in [0.25, 0.3) is 0 Å². The zero-order chi connectivity index (χ0) is 18.0. The lowest BCUT2D eigenvalue weighted by Gasteiger charge is -2.31. The second kappa shape index (κ2) is 7.09. The third-order valence-corrected chi connectivity index (χ3v) is 7.17. The van der Waals surface area contributed by atoms with Gasteiger partial charge in [0.1, 0.15) is 5.56 Å². The summed E-state index contributed by atoms with van der Waals surface area (Å²) in [4.78, 5) is 22.6. The number of nitro benzene ring substituents is 1. The highest BCUT2D eigenvalue weighted by molar-refractivity contribution is 7.90. The van der Waals surface area contributed by atoms with Crippen LogP contribution in [0.3, 0.4) is 0 Å². The van der Waals surface area contributed by atoms with Gasteiger partial charge >= 0.3 is 0 Å². The summed E-state index contributed by atoms with van der Waals surface area (Å²) >= 11 is 0. The number of carbonyl (C=O) groups excluding carboxylic acids is 1. The highest BCUT2D eigenvalue weighted by atomic mass is 32.2. The maximum atomic E-state index is 12.2. The lowest BCUT2D eigenvalue weighted by molar-refractivity contribution is -0.385. The molecule has 1 amide bonds. The monoisotopic (exact) mass is 367 g/mol. The number of nitro groups is 1. The summed E-state index contributed by atoms with van der Waals surface area (Å²) in [5.74, 6) is -0.294. The zero-order valence-corrected chi connectivity index (χ0v) is 14.6. The minimum absolute atomic E-state index is 0.0428. The van der Waals surface area contributed by atoms with Gasteiger partial charge in [-0.1, -0.05) is 12.1 Å². The average molecular weight is 367 g/mol. The lowest BCUT2D eigenvalue weighted by Crippen LogP contribution is -2.42. The van der Waals surface area contributed by atoms with E-state index in [2.05, 4.69) is 5.32 Å². The Morgan fingerprint density at radius 2 is 1.84 bits per heavy atom. The van der Waals surface area contributed by atoms with Gasteiger partial charge in [0.2, 0.25) is 10.0 Å². The summed E-state index contributed by atoms with van der Waals surface area (Å²) in [7, 11) is -3.13. The largest absolute Gasteiger partial charge is 0.352 e. The maximum absolute atomic E-state index is 12.2. The van der Waals surface area contributed by atoms with Crippen molar-refractivity contribution in [1.82, 2.24) is 9.62 Å². The molecular formula is C16H21N3O5S. The fourth-order valence-electron chi connectivity index (χ4n) is 3.10. The van der Waals surface area contributed by atoms with E-state index >= 15 is 0 Å². The third kappa shape index (κ3) is 3.98. The number of amides is 1. The molecule has 0 aromatic heterocycles. The van der Waals surface area contributed by atoms with E-state index in [1.165, 1.54) is 18.2 Å². The van der Waals surface area contributed by atoms with Crippen LogP contribution in [0, 0.1) is 16.0 Å². The third-order valence-electron chi connectivity index (χ3n) is 4.78. The van der Waals surface area contributed by atoms with Gasteiger partial charge in [-0.25, -0.2) is 12.7 Å². The molecule has 2 aliphatic rings. The normalized spacial score (nSPS) is 19.5. The number of para-hydroxylation sites is 1. The van der Waals surface area contributed by atoms with E-state index < -0.39 is 20.9 Å². The van der Waals surface area contributed by atoms with E-state index in [9.17, 15) is 23.3 Å². The molecule has 1 aromatic rings. The number of hydrogen-bond acceptors (Lipinski definition) is 5. The van der Waals surface area contributed by atoms with Crippen LogP contribution in [0.1, 0.15) is 36.0 Å². The number of nitrogens with one attached hydrogen (secondary N) is 1. The topological polar surface area (TPSA) is 110 Å². The average Bonchev–Trinajstić information content (AvgIpc) is 3.45. The predicted molar refractivity (Wildman–Crippen MR) is 91.7 cm³/mol. The molecule has 2 fully saturated rings. The molecule has 25 heavy (non-hydrogen) atoms. The second-order valence-electron chi connectivity index (χ2n) is 6.57. The Hall–Kier alpha value is -2.00. The van der Waals surface area contributed by atoms with Crippen LogP contribution in [0.2, 0.25) is 0 Å². The van der Waals surface area contributed by atoms with Crippen molar-refractivity contribution in [2.75, 3.05) is 19.6 Å². The quantitative estimate of drug-likeness (QED) is 0.606. The molecule has 0 bridgehead atoms. The molecule has 0 radical (unpaired) electrons. The maximum Gasteiger partial charge on any atom is 0.282 e. The Morgan fingerprint density at radius 1 is 1.20 bits per heavy atom. The van der Waals surface area contributed by atoms with Crippen LogP contribution < -0.4 is 5.32 Å². The van der Waals surface area contributed by atoms with Gasteiger partial charge in [0, 0.05) is 25.7 Å². The molecule has 1 heterocycles. The molecule has 1 aromatic carbocycles. The van der Waals surface area contributed by atoms with Crippen LogP contribution in [-0.4, -0.2) is 48.4 Å². The first-order valence-corrected chi connectivity index (χ1v) is 9.90. The Kier molecular flexibility index (Phi) is 5.05. The molecule has 8 nitrogen and oxygen atoms in total. The van der Waals surface area contributed by atoms with Crippen molar-refractivity contribution in [2.24, 2.45) is 5.92 Å². The molecule has 136 valence electrons. The number of piperidine rings is 1. The van der Waals surface area contributed by atoms with E-state index in [1.54, 1.807) is 10.4 Å². The molecule has 1 aliphatic carbocycles. The molecule has 1 saturated carbocycles. The van der Waals surface area contributed by atoms with Crippen molar-refractivity contribution in [3.05, 3.63) is 39.9 Å². The number of rotatable bonds is 6. The Balaban J connectivity index is 1.52. The molecule has 0 spiro atoms. The first-order chi connectivity index (χ1) is 11.9. The van der Waals surface area contributed by atoms with E-state index in [1.807, 2.05) is 0 Å². The summed E-state index contributed by atoms with van der Waals surface area (Å²) in [5, 5.41) is 13.5. The van der Waals surface area contributed by atoms with Crippen molar-refractivity contribution < 1.29 is 18.1 Å². The van der Waals surface area contributed by atoms with Gasteiger partial charge in [-0.3, -0.25) is 14.9 Å². The summed E-state index contributed by atoms with van der Waals surface area (Å²) in [5.41, 5.74) is -0.174. The minimum atomic E-state index is -3.13. The van der Waals surface area contributed by atoms with Crippen molar-refractivity contribution in [3.63, 3.8) is 0 Å². The number of carbonyl (C=O) groups is 1. The van der Waals surface area contributed by atoms with E-state index in [0.717, 1.165) is 12.8 Å². The Bertz CT molecular complexity index is 768. The summed E-state index contributed by atoms with van der Waals surface area (Å²) in [6.45, 7) is 1.35. The molecule has 1 aliphatic heterocycles. The minimum Gasteiger partial charge on any atom is -0.352 e. The number of nitrogens with zero attached hydrogens (tertiary/aromatic N) is 2. The van der Waals surface area contributed by atoms with Crippen molar-refractivity contribution in [1.29, 1.82) is 0 Å². The van der Waals surface area contributed by atoms with Crippen molar-refractivity contribution >= 4 is 21.6 Å². The summed E-state index contributed by atoms with van der Waals surface area (Å²) in [6.07, 6.45) is 2.88. The standard InChI is InChI=1S/C16H21N3O5S/c20-16(14-3-1-2-4-15(14)19(21)22)17-11-12-7-9-18(10-8-12)25(23,24)13-5-6-13/h1-4,12-13H,5-11H2,(H,17,20). The van der Waals surface area contributed by atoms with Crippen LogP contribution in [0.5, 0.6) is 0 Å². The first kappa shape index (κ1) is 17.8. The highest BCUT2D eigenvalue weighted by Gasteiger charge is 2.41. The SMILES string of the molecule is O=C(NCC1CCN(S(=O)(=O)C2CC2)CC1)c1ccccc1[N+](=O)[O-]. The molecule has 1 N–H and O–H groups in total. The van der Waals surface area contributed by atoms with Gasteiger partial charge < -0.3 is 5.32 Å². The van der Waals surface area contributed by atoms with Gasteiger partial charge in [-0.2, -0.15) is 0 Å². The van der Waals surface area contributed by atoms with Gasteiger partial charge in [-0.15, -0.1) is 0 Å². The van der Waals surface area contributed by atoms with E-state index in [-0.39, 0.29) is 22.4 Å². The van der Waals surface area contributed by atoms with Gasteiger partial charge in [0.15, 0.2) is 0 Å².